The number of methoxy groups -OCH3 is 2. The molecule has 2 heterocycles. The Morgan fingerprint density at radius 3 is 2.52 bits per heavy atom. The molecule has 1 aliphatic rings. The second kappa shape index (κ2) is 10.5. The molecule has 33 heavy (non-hydrogen) atoms. The molecular formula is C22H24FN5O4S. The molecule has 0 atom stereocenters. The van der Waals surface area contributed by atoms with Crippen molar-refractivity contribution in [3.63, 3.8) is 0 Å². The number of nitrogens with zero attached hydrogens (tertiary/aromatic N) is 4. The maximum absolute atomic E-state index is 14.0. The van der Waals surface area contributed by atoms with Gasteiger partial charge in [0.15, 0.2) is 5.16 Å². The van der Waals surface area contributed by atoms with Crippen LogP contribution in [0.1, 0.15) is 0 Å². The van der Waals surface area contributed by atoms with E-state index in [9.17, 15) is 9.18 Å². The summed E-state index contributed by atoms with van der Waals surface area (Å²) in [6.07, 6.45) is 0. The molecule has 0 saturated carbocycles. The normalized spacial score (nSPS) is 13.6. The summed E-state index contributed by atoms with van der Waals surface area (Å²) in [4.78, 5) is 14.7. The van der Waals surface area contributed by atoms with Crippen molar-refractivity contribution < 1.29 is 23.4 Å². The number of morpholine rings is 1. The molecule has 1 saturated heterocycles. The number of ether oxygens (including phenoxy) is 3. The number of thioether (sulfide) groups is 1. The van der Waals surface area contributed by atoms with Crippen LogP contribution in [0.5, 0.6) is 11.5 Å². The molecule has 174 valence electrons. The van der Waals surface area contributed by atoms with Gasteiger partial charge in [0.05, 0.1) is 38.9 Å². The Labute approximate surface area is 194 Å². The van der Waals surface area contributed by atoms with Gasteiger partial charge in [0.2, 0.25) is 11.9 Å². The summed E-state index contributed by atoms with van der Waals surface area (Å²) in [5, 5.41) is 11.9. The number of hydrogen-bond donors (Lipinski definition) is 1. The Morgan fingerprint density at radius 1 is 1.12 bits per heavy atom. The number of carbonyl (C=O) groups is 1. The van der Waals surface area contributed by atoms with Crippen LogP contribution in [0, 0.1) is 5.82 Å². The van der Waals surface area contributed by atoms with Crippen molar-refractivity contribution in [2.75, 3.05) is 56.5 Å². The van der Waals surface area contributed by atoms with Crippen molar-refractivity contribution in [3.05, 3.63) is 48.3 Å². The quantitative estimate of drug-likeness (QED) is 0.500. The lowest BCUT2D eigenvalue weighted by molar-refractivity contribution is -0.113. The van der Waals surface area contributed by atoms with Crippen molar-refractivity contribution in [3.8, 4) is 17.2 Å². The molecule has 1 aromatic heterocycles. The fourth-order valence-corrected chi connectivity index (χ4v) is 4.12. The van der Waals surface area contributed by atoms with Crippen LogP contribution in [-0.4, -0.2) is 66.9 Å². The first-order valence-corrected chi connectivity index (χ1v) is 11.3. The summed E-state index contributed by atoms with van der Waals surface area (Å²) in [7, 11) is 3.09. The van der Waals surface area contributed by atoms with Gasteiger partial charge in [-0.25, -0.2) is 4.39 Å². The molecule has 1 amide bonds. The molecule has 1 N–H and O–H groups in total. The van der Waals surface area contributed by atoms with Gasteiger partial charge in [-0.2, -0.15) is 0 Å². The van der Waals surface area contributed by atoms with E-state index in [-0.39, 0.29) is 17.5 Å². The van der Waals surface area contributed by atoms with Gasteiger partial charge < -0.3 is 24.4 Å². The van der Waals surface area contributed by atoms with Crippen LogP contribution in [0.4, 0.5) is 16.0 Å². The number of carbonyl (C=O) groups excluding carboxylic acids is 1. The molecule has 1 fully saturated rings. The first-order valence-electron chi connectivity index (χ1n) is 10.3. The minimum Gasteiger partial charge on any atom is -0.497 e. The fraction of sp³-hybridized carbons (Fsp3) is 0.318. The fourth-order valence-electron chi connectivity index (χ4n) is 3.37. The van der Waals surface area contributed by atoms with E-state index < -0.39 is 0 Å². The topological polar surface area (TPSA) is 90.7 Å². The highest BCUT2D eigenvalue weighted by Crippen LogP contribution is 2.29. The number of hydrogen-bond acceptors (Lipinski definition) is 8. The summed E-state index contributed by atoms with van der Waals surface area (Å²) in [6, 6.07) is 11.3. The minimum absolute atomic E-state index is 0.0794. The second-order valence-corrected chi connectivity index (χ2v) is 8.08. The summed E-state index contributed by atoms with van der Waals surface area (Å²) in [6.45, 7) is 2.45. The van der Waals surface area contributed by atoms with Gasteiger partial charge in [0, 0.05) is 37.0 Å². The molecule has 0 unspecified atom stereocenters. The van der Waals surface area contributed by atoms with E-state index in [1.807, 2.05) is 4.90 Å². The van der Waals surface area contributed by atoms with E-state index in [1.165, 1.54) is 23.9 Å². The summed E-state index contributed by atoms with van der Waals surface area (Å²) in [5.41, 5.74) is 1.14. The Kier molecular flexibility index (Phi) is 7.30. The molecule has 1 aliphatic heterocycles. The number of anilines is 2. The Bertz CT molecular complexity index is 1100. The van der Waals surface area contributed by atoms with Crippen LogP contribution in [0.3, 0.4) is 0 Å². The molecule has 4 rings (SSSR count). The highest BCUT2D eigenvalue weighted by atomic mass is 32.2. The van der Waals surface area contributed by atoms with Crippen molar-refractivity contribution in [1.29, 1.82) is 0 Å². The lowest BCUT2D eigenvalue weighted by Crippen LogP contribution is -2.37. The van der Waals surface area contributed by atoms with Crippen LogP contribution < -0.4 is 19.7 Å². The van der Waals surface area contributed by atoms with Crippen LogP contribution in [0.15, 0.2) is 47.6 Å². The summed E-state index contributed by atoms with van der Waals surface area (Å²) >= 11 is 1.21. The van der Waals surface area contributed by atoms with Gasteiger partial charge in [-0.1, -0.05) is 17.8 Å². The maximum atomic E-state index is 14.0. The first-order chi connectivity index (χ1) is 16.1. The van der Waals surface area contributed by atoms with Gasteiger partial charge >= 0.3 is 0 Å². The third-order valence-corrected chi connectivity index (χ3v) is 5.87. The summed E-state index contributed by atoms with van der Waals surface area (Å²) < 4.78 is 31.6. The average molecular weight is 474 g/mol. The zero-order chi connectivity index (χ0) is 23.2. The van der Waals surface area contributed by atoms with E-state index in [4.69, 9.17) is 14.2 Å². The number of nitrogens with one attached hydrogen (secondary N) is 1. The SMILES string of the molecule is COc1cc(NC(=O)CSc2nnc(N3CCOCC3)n2-c2cccc(F)c2)cc(OC)c1. The van der Waals surface area contributed by atoms with Crippen LogP contribution in [0.25, 0.3) is 5.69 Å². The maximum Gasteiger partial charge on any atom is 0.234 e. The molecular weight excluding hydrogens is 449 g/mol. The lowest BCUT2D eigenvalue weighted by atomic mass is 10.2. The third kappa shape index (κ3) is 5.55. The number of rotatable bonds is 8. The molecule has 0 aliphatic carbocycles. The number of benzene rings is 2. The van der Waals surface area contributed by atoms with Crippen molar-refractivity contribution >= 4 is 29.3 Å². The number of halogens is 1. The van der Waals surface area contributed by atoms with Crippen molar-refractivity contribution in [2.24, 2.45) is 0 Å². The van der Waals surface area contributed by atoms with Crippen molar-refractivity contribution in [1.82, 2.24) is 14.8 Å². The van der Waals surface area contributed by atoms with Crippen molar-refractivity contribution in [2.45, 2.75) is 5.16 Å². The Morgan fingerprint density at radius 2 is 1.85 bits per heavy atom. The predicted octanol–water partition coefficient (Wildman–Crippen LogP) is 2.99. The van der Waals surface area contributed by atoms with E-state index >= 15 is 0 Å². The molecule has 2 aromatic carbocycles. The zero-order valence-corrected chi connectivity index (χ0v) is 19.1. The largest absolute Gasteiger partial charge is 0.497 e. The number of amides is 1. The predicted molar refractivity (Wildman–Crippen MR) is 123 cm³/mol. The van der Waals surface area contributed by atoms with E-state index in [1.54, 1.807) is 49.1 Å². The average Bonchev–Trinajstić information content (AvgIpc) is 3.27. The highest BCUT2D eigenvalue weighted by Gasteiger charge is 2.22. The van der Waals surface area contributed by atoms with Crippen LogP contribution in [0.2, 0.25) is 0 Å². The minimum atomic E-state index is -0.366. The molecule has 0 bridgehead atoms. The standard InChI is InChI=1S/C22H24FN5O4S/c1-30-18-11-16(12-19(13-18)31-2)24-20(29)14-33-22-26-25-21(27-6-8-32-9-7-27)28(22)17-5-3-4-15(23)10-17/h3-5,10-13H,6-9,14H2,1-2H3,(H,24,29). The van der Waals surface area contributed by atoms with E-state index in [0.717, 1.165) is 0 Å². The van der Waals surface area contributed by atoms with Crippen LogP contribution >= 0.6 is 11.8 Å². The Balaban J connectivity index is 1.53. The number of aromatic nitrogens is 3. The highest BCUT2D eigenvalue weighted by molar-refractivity contribution is 7.99. The molecule has 0 radical (unpaired) electrons. The third-order valence-electron chi connectivity index (χ3n) is 4.94. The summed E-state index contributed by atoms with van der Waals surface area (Å²) in [5.74, 6) is 1.20. The molecule has 9 nitrogen and oxygen atoms in total. The molecule has 0 spiro atoms. The zero-order valence-electron chi connectivity index (χ0n) is 18.3. The molecule has 3 aromatic rings. The smallest absolute Gasteiger partial charge is 0.234 e. The van der Waals surface area contributed by atoms with Gasteiger partial charge in [-0.15, -0.1) is 10.2 Å². The van der Waals surface area contributed by atoms with Gasteiger partial charge in [0.1, 0.15) is 17.3 Å². The van der Waals surface area contributed by atoms with Gasteiger partial charge in [-0.3, -0.25) is 9.36 Å². The van der Waals surface area contributed by atoms with Crippen LogP contribution in [-0.2, 0) is 9.53 Å². The van der Waals surface area contributed by atoms with Gasteiger partial charge in [-0.05, 0) is 18.2 Å². The monoisotopic (exact) mass is 473 g/mol. The lowest BCUT2D eigenvalue weighted by Gasteiger charge is -2.27. The first kappa shape index (κ1) is 22.9. The molecule has 11 heteroatoms. The Hall–Kier alpha value is -3.31. The van der Waals surface area contributed by atoms with Gasteiger partial charge in [0.25, 0.3) is 0 Å². The van der Waals surface area contributed by atoms with E-state index in [0.29, 0.717) is 60.3 Å². The van der Waals surface area contributed by atoms with E-state index in [2.05, 4.69) is 15.5 Å². The second-order valence-electron chi connectivity index (χ2n) is 7.14.